The Balaban J connectivity index is 2.03. The highest BCUT2D eigenvalue weighted by atomic mass is 32.2. The molecule has 4 aromatic rings. The van der Waals surface area contributed by atoms with Gasteiger partial charge in [0.1, 0.15) is 21.2 Å². The van der Waals surface area contributed by atoms with Crippen LogP contribution in [-0.4, -0.2) is 49.9 Å². The molecule has 0 heterocycles. The summed E-state index contributed by atoms with van der Waals surface area (Å²) in [6.45, 7) is 0. The number of phenols is 1. The van der Waals surface area contributed by atoms with Crippen LogP contribution in [0, 0.1) is 0 Å². The molecule has 1 amide bonds. The van der Waals surface area contributed by atoms with E-state index in [9.17, 15) is 48.8 Å². The first kappa shape index (κ1) is 28.7. The van der Waals surface area contributed by atoms with Gasteiger partial charge in [-0.25, -0.2) is 0 Å². The Morgan fingerprint density at radius 2 is 1.30 bits per heavy atom. The van der Waals surface area contributed by atoms with E-state index in [1.54, 1.807) is 18.2 Å². The van der Waals surface area contributed by atoms with Crippen LogP contribution >= 0.6 is 0 Å². The maximum Gasteiger partial charge on any atom is 0.296 e. The third-order valence-electron chi connectivity index (χ3n) is 5.38. The highest BCUT2D eigenvalue weighted by Gasteiger charge is 2.26. The summed E-state index contributed by atoms with van der Waals surface area (Å²) in [4.78, 5) is 10.2. The summed E-state index contributed by atoms with van der Waals surface area (Å²) < 4.78 is 100. The molecule has 0 atom stereocenters. The molecule has 4 aromatic carbocycles. The zero-order chi connectivity index (χ0) is 29.5. The monoisotopic (exact) mass is 607 g/mol. The lowest BCUT2D eigenvalue weighted by Gasteiger charge is -2.15. The fraction of sp³-hybridized carbons (Fsp3) is 0. The molecule has 0 unspecified atom stereocenters. The summed E-state index contributed by atoms with van der Waals surface area (Å²) in [5.74, 6) is -1.80. The third kappa shape index (κ3) is 5.98. The van der Waals surface area contributed by atoms with Crippen molar-refractivity contribution in [1.29, 1.82) is 0 Å². The number of amides is 1. The van der Waals surface area contributed by atoms with E-state index < -0.39 is 73.8 Å². The van der Waals surface area contributed by atoms with Crippen molar-refractivity contribution in [3.63, 3.8) is 0 Å². The van der Waals surface area contributed by atoms with Gasteiger partial charge < -0.3 is 10.4 Å². The molecule has 14 nitrogen and oxygen atoms in total. The van der Waals surface area contributed by atoms with Crippen LogP contribution in [-0.2, 0) is 30.4 Å². The average Bonchev–Trinajstić information content (AvgIpc) is 2.86. The van der Waals surface area contributed by atoms with Crippen molar-refractivity contribution in [3.05, 3.63) is 78.4 Å². The van der Waals surface area contributed by atoms with Gasteiger partial charge in [0, 0.05) is 10.9 Å². The number of hydrogen-bond donors (Lipinski definition) is 5. The molecule has 0 aliphatic heterocycles. The molecule has 17 heteroatoms. The Labute approximate surface area is 226 Å². The number of nitrogens with one attached hydrogen (secondary N) is 1. The van der Waals surface area contributed by atoms with E-state index in [0.717, 1.165) is 24.3 Å². The maximum atomic E-state index is 12.8. The number of aromatic hydroxyl groups is 1. The Morgan fingerprint density at radius 1 is 0.700 bits per heavy atom. The number of carbonyl (C=O) groups excluding carboxylic acids is 1. The van der Waals surface area contributed by atoms with Crippen LogP contribution < -0.4 is 5.32 Å². The van der Waals surface area contributed by atoms with Crippen molar-refractivity contribution < 1.29 is 48.8 Å². The second-order valence-corrected chi connectivity index (χ2v) is 12.3. The van der Waals surface area contributed by atoms with Crippen LogP contribution in [0.25, 0.3) is 10.8 Å². The van der Waals surface area contributed by atoms with E-state index in [1.165, 1.54) is 24.3 Å². The quantitative estimate of drug-likeness (QED) is 0.149. The van der Waals surface area contributed by atoms with Gasteiger partial charge >= 0.3 is 0 Å². The van der Waals surface area contributed by atoms with Gasteiger partial charge in [0.25, 0.3) is 36.3 Å². The van der Waals surface area contributed by atoms with Crippen LogP contribution in [0.1, 0.15) is 10.4 Å². The van der Waals surface area contributed by atoms with Gasteiger partial charge in [-0.05, 0) is 47.9 Å². The van der Waals surface area contributed by atoms with E-state index in [-0.39, 0.29) is 16.3 Å². The van der Waals surface area contributed by atoms with Crippen LogP contribution in [0.5, 0.6) is 5.75 Å². The topological polar surface area (TPSA) is 237 Å². The second kappa shape index (κ2) is 10.4. The third-order valence-corrected chi connectivity index (χ3v) is 7.98. The number of hydrogen-bond acceptors (Lipinski definition) is 10. The predicted octanol–water partition coefficient (Wildman–Crippen LogP) is 3.95. The molecule has 0 bridgehead atoms. The van der Waals surface area contributed by atoms with Gasteiger partial charge in [-0.1, -0.05) is 30.3 Å². The lowest BCUT2D eigenvalue weighted by molar-refractivity contribution is 0.102. The van der Waals surface area contributed by atoms with Crippen molar-refractivity contribution in [2.45, 2.75) is 14.7 Å². The minimum Gasteiger partial charge on any atom is -0.505 e. The van der Waals surface area contributed by atoms with Crippen molar-refractivity contribution in [2.75, 3.05) is 5.32 Å². The average molecular weight is 608 g/mol. The summed E-state index contributed by atoms with van der Waals surface area (Å²) in [7, 11) is -14.9. The minimum atomic E-state index is -5.20. The minimum absolute atomic E-state index is 0.115. The van der Waals surface area contributed by atoms with E-state index >= 15 is 0 Å². The van der Waals surface area contributed by atoms with E-state index in [4.69, 9.17) is 0 Å². The number of rotatable bonds is 7. The highest BCUT2D eigenvalue weighted by molar-refractivity contribution is 7.86. The number of nitrogens with zero attached hydrogens (tertiary/aromatic N) is 2. The lowest BCUT2D eigenvalue weighted by Crippen LogP contribution is -2.13. The molecule has 0 radical (unpaired) electrons. The SMILES string of the molecule is O=C(Nc1cc(S(=O)(=O)O)cc2cc(S(=O)(=O)O)c(N=Nc3ccccc3S(=O)(=O)O)c(O)c12)c1ccccc1. The van der Waals surface area contributed by atoms with Crippen LogP contribution in [0.3, 0.4) is 0 Å². The van der Waals surface area contributed by atoms with Crippen LogP contribution in [0.15, 0.2) is 97.7 Å². The molecule has 5 N–H and O–H groups in total. The van der Waals surface area contributed by atoms with E-state index in [2.05, 4.69) is 15.5 Å². The Hall–Kier alpha value is -4.26. The summed E-state index contributed by atoms with van der Waals surface area (Å²) in [5.41, 5.74) is -1.68. The molecule has 0 aliphatic carbocycles. The fourth-order valence-electron chi connectivity index (χ4n) is 3.65. The number of benzene rings is 4. The first-order valence-electron chi connectivity index (χ1n) is 10.7. The zero-order valence-corrected chi connectivity index (χ0v) is 22.1. The normalized spacial score (nSPS) is 12.6. The molecular formula is C23H17N3O11S3. The van der Waals surface area contributed by atoms with Gasteiger partial charge in [0.05, 0.1) is 10.6 Å². The zero-order valence-electron chi connectivity index (χ0n) is 19.7. The summed E-state index contributed by atoms with van der Waals surface area (Å²) >= 11 is 0. The van der Waals surface area contributed by atoms with E-state index in [0.29, 0.717) is 6.07 Å². The smallest absolute Gasteiger partial charge is 0.296 e. The van der Waals surface area contributed by atoms with Gasteiger partial charge in [0.2, 0.25) is 0 Å². The van der Waals surface area contributed by atoms with E-state index in [1.807, 2.05) is 0 Å². The molecule has 208 valence electrons. The van der Waals surface area contributed by atoms with Crippen molar-refractivity contribution in [1.82, 2.24) is 0 Å². The van der Waals surface area contributed by atoms with Gasteiger partial charge in [-0.15, -0.1) is 10.2 Å². The number of fused-ring (bicyclic) bond motifs is 1. The first-order valence-corrected chi connectivity index (χ1v) is 15.0. The molecule has 0 saturated carbocycles. The molecule has 0 aromatic heterocycles. The second-order valence-electron chi connectivity index (χ2n) is 8.05. The van der Waals surface area contributed by atoms with Crippen molar-refractivity contribution >= 4 is 64.1 Å². The summed E-state index contributed by atoms with van der Waals surface area (Å²) in [5, 5.41) is 19.9. The Morgan fingerprint density at radius 3 is 1.90 bits per heavy atom. The molecule has 0 spiro atoms. The van der Waals surface area contributed by atoms with Crippen LogP contribution in [0.2, 0.25) is 0 Å². The molecule has 0 fully saturated rings. The highest BCUT2D eigenvalue weighted by Crippen LogP contribution is 2.45. The number of anilines is 1. The largest absolute Gasteiger partial charge is 0.505 e. The molecule has 4 rings (SSSR count). The number of carbonyl (C=O) groups is 1. The predicted molar refractivity (Wildman–Crippen MR) is 140 cm³/mol. The molecule has 0 saturated heterocycles. The molecular weight excluding hydrogens is 590 g/mol. The van der Waals surface area contributed by atoms with Crippen molar-refractivity contribution in [3.8, 4) is 5.75 Å². The van der Waals surface area contributed by atoms with Gasteiger partial charge in [-0.3, -0.25) is 18.5 Å². The standard InChI is InChI=1S/C23H17N3O11S3/c27-22-20-14(10-15(38(29,30)31)12-17(20)24-23(28)13-6-2-1-3-7-13)11-19(40(35,36)37)21(22)26-25-16-8-4-5-9-18(16)39(32,33)34/h1-12,27H,(H,24,28)(H,29,30,31)(H,32,33,34)(H,35,36,37). The number of phenolic OH excluding ortho intramolecular Hbond substituents is 1. The number of azo groups is 1. The van der Waals surface area contributed by atoms with Gasteiger partial charge in [0.15, 0.2) is 5.75 Å². The fourth-order valence-corrected chi connectivity index (χ4v) is 5.47. The summed E-state index contributed by atoms with van der Waals surface area (Å²) in [6, 6.07) is 14.5. The maximum absolute atomic E-state index is 12.8. The van der Waals surface area contributed by atoms with Crippen LogP contribution in [0.4, 0.5) is 17.1 Å². The molecule has 0 aliphatic rings. The Kier molecular flexibility index (Phi) is 7.45. The first-order chi connectivity index (χ1) is 18.6. The Bertz CT molecular complexity index is 2030. The molecule has 40 heavy (non-hydrogen) atoms. The lowest BCUT2D eigenvalue weighted by atomic mass is 10.1. The van der Waals surface area contributed by atoms with Crippen molar-refractivity contribution in [2.24, 2.45) is 10.2 Å². The van der Waals surface area contributed by atoms with Gasteiger partial charge in [-0.2, -0.15) is 25.3 Å². The summed E-state index contributed by atoms with van der Waals surface area (Å²) in [6.07, 6.45) is 0.